The Morgan fingerprint density at radius 1 is 1.18 bits per heavy atom. The van der Waals surface area contributed by atoms with Crippen LogP contribution in [0.15, 0.2) is 30.3 Å². The molecular weight excluding hydrogens is 360 g/mol. The van der Waals surface area contributed by atoms with Gasteiger partial charge in [-0.3, -0.25) is 9.59 Å². The highest BCUT2D eigenvalue weighted by Gasteiger charge is 2.34. The third-order valence-electron chi connectivity index (χ3n) is 4.65. The Morgan fingerprint density at radius 3 is 2.46 bits per heavy atom. The summed E-state index contributed by atoms with van der Waals surface area (Å²) in [6.45, 7) is 7.03. The van der Waals surface area contributed by atoms with Gasteiger partial charge in [0.2, 0.25) is 0 Å². The molecule has 1 fully saturated rings. The molecule has 1 N–H and O–H groups in total. The first-order chi connectivity index (χ1) is 13.2. The van der Waals surface area contributed by atoms with Gasteiger partial charge in [-0.05, 0) is 59.1 Å². The average Bonchev–Trinajstić information content (AvgIpc) is 2.61. The van der Waals surface area contributed by atoms with Gasteiger partial charge >= 0.3 is 11.9 Å². The molecule has 28 heavy (non-hydrogen) atoms. The normalized spacial score (nSPS) is 26.8. The smallest absolute Gasteiger partial charge is 0.309 e. The molecule has 1 aromatic carbocycles. The third-order valence-corrected chi connectivity index (χ3v) is 4.65. The zero-order valence-electron chi connectivity index (χ0n) is 17.2. The highest BCUT2D eigenvalue weighted by atomic mass is 16.6. The van der Waals surface area contributed by atoms with Crippen LogP contribution in [0.2, 0.25) is 0 Å². The van der Waals surface area contributed by atoms with Crippen LogP contribution in [0.25, 0.3) is 0 Å². The lowest BCUT2D eigenvalue weighted by atomic mass is 9.94. The number of cyclic esters (lactones) is 1. The summed E-state index contributed by atoms with van der Waals surface area (Å²) in [5.41, 5.74) is -0.595. The molecule has 1 saturated heterocycles. The van der Waals surface area contributed by atoms with Crippen molar-refractivity contribution in [2.24, 2.45) is 5.92 Å². The van der Waals surface area contributed by atoms with Crippen LogP contribution in [0.5, 0.6) is 5.75 Å². The molecule has 0 aromatic heterocycles. The van der Waals surface area contributed by atoms with Gasteiger partial charge in [0, 0.05) is 0 Å². The van der Waals surface area contributed by atoms with E-state index >= 15 is 0 Å². The van der Waals surface area contributed by atoms with Gasteiger partial charge in [0.05, 0.1) is 12.3 Å². The van der Waals surface area contributed by atoms with Crippen LogP contribution >= 0.6 is 0 Å². The zero-order chi connectivity index (χ0) is 20.7. The molecule has 0 aliphatic carbocycles. The summed E-state index contributed by atoms with van der Waals surface area (Å²) in [5.74, 6) is -0.774. The Bertz CT molecular complexity index is 636. The second-order valence-corrected chi connectivity index (χ2v) is 8.37. The average molecular weight is 392 g/mol. The van der Waals surface area contributed by atoms with Gasteiger partial charge < -0.3 is 19.3 Å². The summed E-state index contributed by atoms with van der Waals surface area (Å²) >= 11 is 0. The van der Waals surface area contributed by atoms with E-state index in [1.165, 1.54) is 0 Å². The van der Waals surface area contributed by atoms with Crippen molar-refractivity contribution < 1.29 is 28.9 Å². The van der Waals surface area contributed by atoms with Gasteiger partial charge in [0.25, 0.3) is 0 Å². The van der Waals surface area contributed by atoms with Gasteiger partial charge in [0.1, 0.15) is 29.7 Å². The summed E-state index contributed by atoms with van der Waals surface area (Å²) in [4.78, 5) is 24.7. The number of para-hydroxylation sites is 1. The van der Waals surface area contributed by atoms with E-state index in [1.54, 1.807) is 27.7 Å². The van der Waals surface area contributed by atoms with Crippen LogP contribution in [-0.2, 0) is 19.1 Å². The second-order valence-electron chi connectivity index (χ2n) is 8.37. The Balaban J connectivity index is 2.01. The number of benzene rings is 1. The lowest BCUT2D eigenvalue weighted by molar-refractivity contribution is -0.169. The Labute approximate surface area is 167 Å². The standard InChI is InChI=1S/C22H32O6/c1-15-20(24)18(27-17-11-6-5-7-12-17)13-9-8-10-16(21(25)26-15)14-19(23)28-22(2,3)4/h5-7,11-12,15-16,18,20,24H,8-10,13-14H2,1-4H3/t15-,16+,18-,20-/m0/s1. The number of ether oxygens (including phenoxy) is 3. The second kappa shape index (κ2) is 9.92. The van der Waals surface area contributed by atoms with Crippen molar-refractivity contribution in [3.8, 4) is 5.75 Å². The Kier molecular flexibility index (Phi) is 7.87. The highest BCUT2D eigenvalue weighted by molar-refractivity contribution is 5.80. The molecule has 6 heteroatoms. The van der Waals surface area contributed by atoms with Gasteiger partial charge in [0.15, 0.2) is 0 Å². The number of aliphatic hydroxyl groups excluding tert-OH is 1. The number of carbonyl (C=O) groups excluding carboxylic acids is 2. The maximum Gasteiger partial charge on any atom is 0.309 e. The molecule has 0 radical (unpaired) electrons. The number of aliphatic hydroxyl groups is 1. The van der Waals surface area contributed by atoms with Crippen molar-refractivity contribution in [2.75, 3.05) is 0 Å². The van der Waals surface area contributed by atoms with Crippen LogP contribution in [-0.4, -0.2) is 41.0 Å². The van der Waals surface area contributed by atoms with E-state index in [1.807, 2.05) is 30.3 Å². The summed E-state index contributed by atoms with van der Waals surface area (Å²) < 4.78 is 16.7. The van der Waals surface area contributed by atoms with Crippen LogP contribution in [0, 0.1) is 5.92 Å². The molecule has 0 amide bonds. The monoisotopic (exact) mass is 392 g/mol. The van der Waals surface area contributed by atoms with Crippen molar-refractivity contribution in [3.05, 3.63) is 30.3 Å². The molecule has 0 saturated carbocycles. The fourth-order valence-electron chi connectivity index (χ4n) is 3.25. The summed E-state index contributed by atoms with van der Waals surface area (Å²) in [5, 5.41) is 10.7. The summed E-state index contributed by atoms with van der Waals surface area (Å²) in [6, 6.07) is 9.29. The van der Waals surface area contributed by atoms with Crippen LogP contribution < -0.4 is 4.74 Å². The molecule has 6 nitrogen and oxygen atoms in total. The number of rotatable bonds is 4. The van der Waals surface area contributed by atoms with Crippen LogP contribution in [0.4, 0.5) is 0 Å². The van der Waals surface area contributed by atoms with Crippen molar-refractivity contribution >= 4 is 11.9 Å². The molecule has 1 aliphatic rings. The van der Waals surface area contributed by atoms with Crippen LogP contribution in [0.3, 0.4) is 0 Å². The maximum atomic E-state index is 12.6. The zero-order valence-corrected chi connectivity index (χ0v) is 17.2. The summed E-state index contributed by atoms with van der Waals surface area (Å²) in [6.07, 6.45) is 0.522. The molecule has 2 rings (SSSR count). The molecule has 0 unspecified atom stereocenters. The van der Waals surface area contributed by atoms with E-state index in [4.69, 9.17) is 14.2 Å². The lowest BCUT2D eigenvalue weighted by Gasteiger charge is -2.31. The lowest BCUT2D eigenvalue weighted by Crippen LogP contribution is -2.43. The predicted molar refractivity (Wildman–Crippen MR) is 105 cm³/mol. The molecule has 1 heterocycles. The molecule has 1 aliphatic heterocycles. The van der Waals surface area contributed by atoms with E-state index in [2.05, 4.69) is 0 Å². The van der Waals surface area contributed by atoms with E-state index in [9.17, 15) is 14.7 Å². The molecule has 0 bridgehead atoms. The minimum atomic E-state index is -0.954. The van der Waals surface area contributed by atoms with Crippen molar-refractivity contribution in [3.63, 3.8) is 0 Å². The molecule has 1 aromatic rings. The SMILES string of the molecule is C[C@@H]1OC(=O)[C@@H](CC(=O)OC(C)(C)C)CCCC[C@H](Oc2ccccc2)[C@H]1O. The first-order valence-corrected chi connectivity index (χ1v) is 9.98. The Morgan fingerprint density at radius 2 is 1.82 bits per heavy atom. The van der Waals surface area contributed by atoms with Gasteiger partial charge in [-0.25, -0.2) is 0 Å². The summed E-state index contributed by atoms with van der Waals surface area (Å²) in [7, 11) is 0. The van der Waals surface area contributed by atoms with Gasteiger partial charge in [-0.2, -0.15) is 0 Å². The van der Waals surface area contributed by atoms with E-state index in [0.717, 1.165) is 12.8 Å². The number of esters is 2. The quantitative estimate of drug-likeness (QED) is 0.788. The molecule has 156 valence electrons. The molecule has 4 atom stereocenters. The largest absolute Gasteiger partial charge is 0.488 e. The van der Waals surface area contributed by atoms with E-state index in [0.29, 0.717) is 18.6 Å². The van der Waals surface area contributed by atoms with Crippen molar-refractivity contribution in [2.45, 2.75) is 83.7 Å². The van der Waals surface area contributed by atoms with Crippen molar-refractivity contribution in [1.82, 2.24) is 0 Å². The number of hydrogen-bond donors (Lipinski definition) is 1. The van der Waals surface area contributed by atoms with Gasteiger partial charge in [-0.15, -0.1) is 0 Å². The van der Waals surface area contributed by atoms with E-state index < -0.39 is 41.8 Å². The topological polar surface area (TPSA) is 82.1 Å². The third kappa shape index (κ3) is 7.15. The predicted octanol–water partition coefficient (Wildman–Crippen LogP) is 3.65. The maximum absolute atomic E-state index is 12.6. The minimum Gasteiger partial charge on any atom is -0.488 e. The van der Waals surface area contributed by atoms with Crippen LogP contribution in [0.1, 0.15) is 59.8 Å². The fourth-order valence-corrected chi connectivity index (χ4v) is 3.25. The number of carbonyl (C=O) groups is 2. The van der Waals surface area contributed by atoms with E-state index in [-0.39, 0.29) is 6.42 Å². The Hall–Kier alpha value is -2.08. The first-order valence-electron chi connectivity index (χ1n) is 9.98. The molecular formula is C22H32O6. The fraction of sp³-hybridized carbons (Fsp3) is 0.636. The number of hydrogen-bond acceptors (Lipinski definition) is 6. The minimum absolute atomic E-state index is 0.0110. The van der Waals surface area contributed by atoms with Gasteiger partial charge in [-0.1, -0.05) is 24.6 Å². The highest BCUT2D eigenvalue weighted by Crippen LogP contribution is 2.25. The van der Waals surface area contributed by atoms with Crippen molar-refractivity contribution in [1.29, 1.82) is 0 Å². The molecule has 0 spiro atoms. The first kappa shape index (κ1) is 22.2.